The Morgan fingerprint density at radius 2 is 1.57 bits per heavy atom. The lowest BCUT2D eigenvalue weighted by Gasteiger charge is -2.26. The summed E-state index contributed by atoms with van der Waals surface area (Å²) in [5.41, 5.74) is 10.8. The lowest BCUT2D eigenvalue weighted by Crippen LogP contribution is -2.40. The molecule has 6 heteroatoms. The highest BCUT2D eigenvalue weighted by Crippen LogP contribution is 2.30. The molecule has 2 amide bonds. The first-order chi connectivity index (χ1) is 18.2. The van der Waals surface area contributed by atoms with Crippen LogP contribution >= 0.6 is 0 Å². The number of hydrogen-bond acceptors (Lipinski definition) is 4. The summed E-state index contributed by atoms with van der Waals surface area (Å²) < 4.78 is 5.29. The van der Waals surface area contributed by atoms with Crippen LogP contribution in [0.1, 0.15) is 29.5 Å². The van der Waals surface area contributed by atoms with E-state index in [9.17, 15) is 4.79 Å². The number of carbonyl (C=O) groups excluding carboxylic acids is 1. The van der Waals surface area contributed by atoms with Crippen LogP contribution in [0.5, 0.6) is 5.75 Å². The van der Waals surface area contributed by atoms with Gasteiger partial charge in [0.25, 0.3) is 0 Å². The number of urea groups is 1. The van der Waals surface area contributed by atoms with Crippen molar-refractivity contribution in [3.05, 3.63) is 108 Å². The van der Waals surface area contributed by atoms with E-state index in [1.807, 2.05) is 47.4 Å². The quantitative estimate of drug-likeness (QED) is 0.313. The summed E-state index contributed by atoms with van der Waals surface area (Å²) in [6.45, 7) is 1.43. The average Bonchev–Trinajstić information content (AvgIpc) is 3.05. The zero-order valence-corrected chi connectivity index (χ0v) is 21.1. The molecule has 4 aromatic carbocycles. The Bertz CT molecular complexity index is 1410. The number of aryl methyl sites for hydroxylation is 1. The number of anilines is 1. The fourth-order valence-electron chi connectivity index (χ4n) is 4.74. The van der Waals surface area contributed by atoms with Crippen molar-refractivity contribution in [2.24, 2.45) is 10.8 Å². The molecule has 0 saturated carbocycles. The minimum absolute atomic E-state index is 0.131. The second kappa shape index (κ2) is 11.3. The van der Waals surface area contributed by atoms with Crippen LogP contribution in [0.3, 0.4) is 0 Å². The van der Waals surface area contributed by atoms with Gasteiger partial charge in [-0.3, -0.25) is 4.90 Å². The van der Waals surface area contributed by atoms with E-state index in [-0.39, 0.29) is 6.03 Å². The first-order valence-electron chi connectivity index (χ1n) is 12.7. The fourth-order valence-corrected chi connectivity index (χ4v) is 4.74. The molecule has 0 fully saturated rings. The Hall–Kier alpha value is -4.16. The maximum absolute atomic E-state index is 13.9. The van der Waals surface area contributed by atoms with Gasteiger partial charge in [0.05, 0.1) is 25.1 Å². The lowest BCUT2D eigenvalue weighted by atomic mass is 9.99. The van der Waals surface area contributed by atoms with Crippen LogP contribution in [0.4, 0.5) is 10.5 Å². The van der Waals surface area contributed by atoms with Gasteiger partial charge in [-0.15, -0.1) is 0 Å². The average molecular weight is 493 g/mol. The van der Waals surface area contributed by atoms with E-state index in [1.54, 1.807) is 12.1 Å². The van der Waals surface area contributed by atoms with Crippen LogP contribution in [0.2, 0.25) is 0 Å². The molecule has 0 aliphatic carbocycles. The molecule has 37 heavy (non-hydrogen) atoms. The number of hydrazone groups is 1. The van der Waals surface area contributed by atoms with E-state index in [4.69, 9.17) is 15.6 Å². The van der Waals surface area contributed by atoms with Gasteiger partial charge in [0.15, 0.2) is 0 Å². The number of rotatable bonds is 9. The van der Waals surface area contributed by atoms with Gasteiger partial charge in [0.1, 0.15) is 5.75 Å². The highest BCUT2D eigenvalue weighted by Gasteiger charge is 2.29. The van der Waals surface area contributed by atoms with Gasteiger partial charge in [-0.05, 0) is 72.0 Å². The van der Waals surface area contributed by atoms with Crippen molar-refractivity contribution < 1.29 is 9.53 Å². The van der Waals surface area contributed by atoms with Crippen molar-refractivity contribution in [3.63, 3.8) is 0 Å². The summed E-state index contributed by atoms with van der Waals surface area (Å²) in [6.07, 6.45) is 2.20. The Labute approximate surface area is 218 Å². The van der Waals surface area contributed by atoms with E-state index in [0.717, 1.165) is 40.1 Å². The van der Waals surface area contributed by atoms with Crippen LogP contribution in [-0.4, -0.2) is 37.0 Å². The summed E-state index contributed by atoms with van der Waals surface area (Å²) in [4.78, 5) is 15.7. The first-order valence-corrected chi connectivity index (χ1v) is 12.7. The molecule has 0 spiro atoms. The van der Waals surface area contributed by atoms with Crippen molar-refractivity contribution in [3.8, 4) is 5.75 Å². The predicted octanol–water partition coefficient (Wildman–Crippen LogP) is 5.98. The third-order valence-corrected chi connectivity index (χ3v) is 6.74. The first kappa shape index (κ1) is 24.5. The van der Waals surface area contributed by atoms with Gasteiger partial charge in [-0.1, -0.05) is 66.7 Å². The number of methoxy groups -OCH3 is 1. The number of benzene rings is 4. The number of carbonyl (C=O) groups is 1. The Morgan fingerprint density at radius 1 is 0.838 bits per heavy atom. The zero-order valence-electron chi connectivity index (χ0n) is 21.1. The number of nitrogens with two attached hydrogens (primary N) is 1. The van der Waals surface area contributed by atoms with Crippen LogP contribution in [0.15, 0.2) is 96.1 Å². The molecule has 2 N–H and O–H groups in total. The van der Waals surface area contributed by atoms with Crippen LogP contribution in [-0.2, 0) is 13.0 Å². The molecule has 0 aromatic heterocycles. The SMILES string of the molecule is COc1ccc(CCC2=NN(CCCN)C(=O)N(Cc3ccc4ccccc4c3)c3ccccc32)cc1. The van der Waals surface area contributed by atoms with Crippen molar-refractivity contribution >= 4 is 28.2 Å². The molecule has 0 bridgehead atoms. The second-order valence-corrected chi connectivity index (χ2v) is 9.23. The number of fused-ring (bicyclic) bond motifs is 2. The highest BCUT2D eigenvalue weighted by atomic mass is 16.5. The smallest absolute Gasteiger partial charge is 0.345 e. The van der Waals surface area contributed by atoms with Gasteiger partial charge in [-0.2, -0.15) is 5.10 Å². The number of hydrogen-bond donors (Lipinski definition) is 1. The molecule has 1 heterocycles. The molecule has 5 rings (SSSR count). The van der Waals surface area contributed by atoms with E-state index >= 15 is 0 Å². The normalized spacial score (nSPS) is 13.4. The summed E-state index contributed by atoms with van der Waals surface area (Å²) >= 11 is 0. The molecular formula is C31H32N4O2. The van der Waals surface area contributed by atoms with Gasteiger partial charge in [-0.25, -0.2) is 9.80 Å². The molecular weight excluding hydrogens is 460 g/mol. The predicted molar refractivity (Wildman–Crippen MR) is 150 cm³/mol. The van der Waals surface area contributed by atoms with E-state index in [1.165, 1.54) is 10.9 Å². The minimum Gasteiger partial charge on any atom is -0.497 e. The molecule has 0 atom stereocenters. The summed E-state index contributed by atoms with van der Waals surface area (Å²) in [6, 6.07) is 30.7. The summed E-state index contributed by atoms with van der Waals surface area (Å²) in [7, 11) is 1.67. The maximum atomic E-state index is 13.9. The van der Waals surface area contributed by atoms with E-state index < -0.39 is 0 Å². The summed E-state index contributed by atoms with van der Waals surface area (Å²) in [5, 5.41) is 8.84. The second-order valence-electron chi connectivity index (χ2n) is 9.23. The van der Waals surface area contributed by atoms with Gasteiger partial charge in [0, 0.05) is 12.1 Å². The van der Waals surface area contributed by atoms with Crippen molar-refractivity contribution in [2.45, 2.75) is 25.8 Å². The Kier molecular flexibility index (Phi) is 7.47. The molecule has 188 valence electrons. The van der Waals surface area contributed by atoms with Gasteiger partial charge >= 0.3 is 6.03 Å². The monoisotopic (exact) mass is 492 g/mol. The summed E-state index contributed by atoms with van der Waals surface area (Å²) in [5.74, 6) is 0.837. The van der Waals surface area contributed by atoms with Crippen LogP contribution < -0.4 is 15.4 Å². The van der Waals surface area contributed by atoms with Crippen molar-refractivity contribution in [1.29, 1.82) is 0 Å². The third-order valence-electron chi connectivity index (χ3n) is 6.74. The van der Waals surface area contributed by atoms with Gasteiger partial charge in [0.2, 0.25) is 0 Å². The van der Waals surface area contributed by atoms with Crippen LogP contribution in [0, 0.1) is 0 Å². The lowest BCUT2D eigenvalue weighted by molar-refractivity contribution is 0.206. The molecule has 6 nitrogen and oxygen atoms in total. The molecule has 0 radical (unpaired) electrons. The van der Waals surface area contributed by atoms with E-state index in [2.05, 4.69) is 48.5 Å². The largest absolute Gasteiger partial charge is 0.497 e. The Morgan fingerprint density at radius 3 is 2.35 bits per heavy atom. The van der Waals surface area contributed by atoms with Crippen molar-refractivity contribution in [1.82, 2.24) is 5.01 Å². The van der Waals surface area contributed by atoms with E-state index in [0.29, 0.717) is 32.5 Å². The minimum atomic E-state index is -0.131. The molecule has 1 aliphatic heterocycles. The molecule has 0 saturated heterocycles. The number of nitrogens with zero attached hydrogens (tertiary/aromatic N) is 3. The third kappa shape index (κ3) is 5.49. The van der Waals surface area contributed by atoms with Crippen molar-refractivity contribution in [2.75, 3.05) is 25.1 Å². The number of ether oxygens (including phenoxy) is 1. The van der Waals surface area contributed by atoms with Gasteiger partial charge < -0.3 is 10.5 Å². The topological polar surface area (TPSA) is 71.2 Å². The highest BCUT2D eigenvalue weighted by molar-refractivity contribution is 6.10. The fraction of sp³-hybridized carbons (Fsp3) is 0.226. The standard InChI is InChI=1S/C31H32N4O2/c1-37-27-16-12-23(13-17-27)14-18-29-28-9-4-5-10-30(28)34(31(36)35(33-29)20-6-19-32)22-24-11-15-25-7-2-3-8-26(25)21-24/h2-5,7-13,15-17,21H,6,14,18-20,22,32H2,1H3. The molecule has 4 aromatic rings. The number of amides is 2. The maximum Gasteiger partial charge on any atom is 0.345 e. The van der Waals surface area contributed by atoms with Crippen LogP contribution in [0.25, 0.3) is 10.8 Å². The zero-order chi connectivity index (χ0) is 25.6. The molecule has 0 unspecified atom stereocenters. The Balaban J connectivity index is 1.48. The number of para-hydroxylation sites is 1. The molecule has 1 aliphatic rings.